The number of benzene rings is 1. The average Bonchev–Trinajstić information content (AvgIpc) is 2.38. The van der Waals surface area contributed by atoms with Gasteiger partial charge in [-0.15, -0.1) is 0 Å². The number of rotatable bonds is 5. The summed E-state index contributed by atoms with van der Waals surface area (Å²) in [6.45, 7) is 5.23. The van der Waals surface area contributed by atoms with Crippen molar-refractivity contribution in [2.75, 3.05) is 32.5 Å². The molecule has 5 heteroatoms. The van der Waals surface area contributed by atoms with Crippen molar-refractivity contribution in [2.45, 2.75) is 19.8 Å². The number of hydrogen-bond donors (Lipinski definition) is 2. The smallest absolute Gasteiger partial charge is 0.313 e. The summed E-state index contributed by atoms with van der Waals surface area (Å²) in [4.78, 5) is 25.4. The number of para-hydroxylation sites is 1. The van der Waals surface area contributed by atoms with E-state index in [2.05, 4.69) is 10.6 Å². The Morgan fingerprint density at radius 3 is 2.40 bits per heavy atom. The first-order chi connectivity index (χ1) is 9.41. The van der Waals surface area contributed by atoms with E-state index in [0.29, 0.717) is 18.8 Å². The quantitative estimate of drug-likeness (QED) is 0.800. The predicted molar refractivity (Wildman–Crippen MR) is 80.7 cm³/mol. The van der Waals surface area contributed by atoms with Gasteiger partial charge in [0.2, 0.25) is 0 Å². The molecule has 0 aliphatic heterocycles. The van der Waals surface area contributed by atoms with Crippen molar-refractivity contribution < 1.29 is 9.59 Å². The Hall–Kier alpha value is -1.88. The van der Waals surface area contributed by atoms with E-state index in [9.17, 15) is 9.59 Å². The zero-order valence-electron chi connectivity index (χ0n) is 12.6. The van der Waals surface area contributed by atoms with Gasteiger partial charge in [-0.1, -0.05) is 32.0 Å². The maximum Gasteiger partial charge on any atom is 0.313 e. The molecule has 5 nitrogen and oxygen atoms in total. The summed E-state index contributed by atoms with van der Waals surface area (Å²) in [5.74, 6) is -0.953. The van der Waals surface area contributed by atoms with E-state index in [-0.39, 0.29) is 5.92 Å². The maximum atomic E-state index is 11.8. The van der Waals surface area contributed by atoms with Crippen molar-refractivity contribution in [2.24, 2.45) is 0 Å². The lowest BCUT2D eigenvalue weighted by molar-refractivity contribution is -0.136. The molecule has 0 aliphatic carbocycles. The van der Waals surface area contributed by atoms with Crippen LogP contribution in [0.15, 0.2) is 24.3 Å². The highest BCUT2D eigenvalue weighted by Gasteiger charge is 2.15. The third-order valence-electron chi connectivity index (χ3n) is 2.88. The number of carbonyl (C=O) groups excluding carboxylic acids is 2. The van der Waals surface area contributed by atoms with Crippen molar-refractivity contribution in [3.8, 4) is 0 Å². The molecule has 0 atom stereocenters. The largest absolute Gasteiger partial charge is 0.347 e. The van der Waals surface area contributed by atoms with E-state index in [1.165, 1.54) is 0 Å². The summed E-state index contributed by atoms with van der Waals surface area (Å²) in [5, 5.41) is 5.26. The van der Waals surface area contributed by atoms with Gasteiger partial charge in [-0.05, 0) is 31.6 Å². The van der Waals surface area contributed by atoms with Crippen molar-refractivity contribution in [3.63, 3.8) is 0 Å². The Bertz CT molecular complexity index is 470. The summed E-state index contributed by atoms with van der Waals surface area (Å²) < 4.78 is 0. The van der Waals surface area contributed by atoms with Crippen LogP contribution < -0.4 is 10.6 Å². The molecule has 0 heterocycles. The fourth-order valence-electron chi connectivity index (χ4n) is 1.77. The molecule has 0 saturated heterocycles. The van der Waals surface area contributed by atoms with Crippen LogP contribution in [0, 0.1) is 0 Å². The second kappa shape index (κ2) is 7.65. The summed E-state index contributed by atoms with van der Waals surface area (Å²) >= 11 is 0. The van der Waals surface area contributed by atoms with Gasteiger partial charge in [-0.3, -0.25) is 9.59 Å². The van der Waals surface area contributed by atoms with E-state index >= 15 is 0 Å². The SMILES string of the molecule is CC(C)c1ccccc1NC(=O)C(=O)NCCN(C)C. The fourth-order valence-corrected chi connectivity index (χ4v) is 1.77. The van der Waals surface area contributed by atoms with Gasteiger partial charge in [0, 0.05) is 18.8 Å². The van der Waals surface area contributed by atoms with Gasteiger partial charge in [0.15, 0.2) is 0 Å². The van der Waals surface area contributed by atoms with Crippen LogP contribution in [0.4, 0.5) is 5.69 Å². The lowest BCUT2D eigenvalue weighted by Gasteiger charge is -2.14. The molecule has 0 bridgehead atoms. The molecule has 20 heavy (non-hydrogen) atoms. The molecule has 0 aromatic heterocycles. The van der Waals surface area contributed by atoms with Crippen LogP contribution in [0.1, 0.15) is 25.3 Å². The molecule has 110 valence electrons. The second-order valence-corrected chi connectivity index (χ2v) is 5.26. The van der Waals surface area contributed by atoms with Crippen LogP contribution in [0.3, 0.4) is 0 Å². The van der Waals surface area contributed by atoms with Crippen LogP contribution in [0.2, 0.25) is 0 Å². The average molecular weight is 277 g/mol. The number of nitrogens with one attached hydrogen (secondary N) is 2. The molecule has 0 unspecified atom stereocenters. The molecular weight excluding hydrogens is 254 g/mol. The van der Waals surface area contributed by atoms with E-state index in [0.717, 1.165) is 5.56 Å². The summed E-state index contributed by atoms with van der Waals surface area (Å²) in [5.41, 5.74) is 1.71. The molecule has 0 aliphatic rings. The summed E-state index contributed by atoms with van der Waals surface area (Å²) in [7, 11) is 3.82. The van der Waals surface area contributed by atoms with E-state index < -0.39 is 11.8 Å². The first-order valence-corrected chi connectivity index (χ1v) is 6.74. The minimum absolute atomic E-state index is 0.281. The molecule has 0 spiro atoms. The molecule has 1 aromatic rings. The first kappa shape index (κ1) is 16.2. The highest BCUT2D eigenvalue weighted by Crippen LogP contribution is 2.23. The third kappa shape index (κ3) is 5.01. The number of hydrogen-bond acceptors (Lipinski definition) is 3. The molecule has 0 saturated carbocycles. The summed E-state index contributed by atoms with van der Waals surface area (Å²) in [6, 6.07) is 7.51. The topological polar surface area (TPSA) is 61.4 Å². The number of likely N-dealkylation sites (N-methyl/N-ethyl adjacent to an activating group) is 1. The predicted octanol–water partition coefficient (Wildman–Crippen LogP) is 1.43. The van der Waals surface area contributed by atoms with Crippen LogP contribution in [0.25, 0.3) is 0 Å². The van der Waals surface area contributed by atoms with Crippen LogP contribution in [-0.4, -0.2) is 43.9 Å². The number of carbonyl (C=O) groups is 2. The van der Waals surface area contributed by atoms with Gasteiger partial charge in [0.1, 0.15) is 0 Å². The number of nitrogens with zero attached hydrogens (tertiary/aromatic N) is 1. The van der Waals surface area contributed by atoms with Crippen LogP contribution in [-0.2, 0) is 9.59 Å². The van der Waals surface area contributed by atoms with Gasteiger partial charge < -0.3 is 15.5 Å². The molecule has 1 rings (SSSR count). The first-order valence-electron chi connectivity index (χ1n) is 6.74. The van der Waals surface area contributed by atoms with Gasteiger partial charge >= 0.3 is 11.8 Å². The summed E-state index contributed by atoms with van der Waals surface area (Å²) in [6.07, 6.45) is 0. The zero-order chi connectivity index (χ0) is 15.1. The number of amides is 2. The zero-order valence-corrected chi connectivity index (χ0v) is 12.6. The Balaban J connectivity index is 2.60. The molecule has 2 amide bonds. The Kier molecular flexibility index (Phi) is 6.18. The Labute approximate surface area is 120 Å². The molecule has 0 fully saturated rings. The maximum absolute atomic E-state index is 11.8. The van der Waals surface area contributed by atoms with Crippen molar-refractivity contribution in [1.29, 1.82) is 0 Å². The monoisotopic (exact) mass is 277 g/mol. The van der Waals surface area contributed by atoms with Crippen LogP contribution >= 0.6 is 0 Å². The molecular formula is C15H23N3O2. The minimum Gasteiger partial charge on any atom is -0.347 e. The lowest BCUT2D eigenvalue weighted by atomic mass is 10.0. The highest BCUT2D eigenvalue weighted by atomic mass is 16.2. The number of anilines is 1. The van der Waals surface area contributed by atoms with Crippen molar-refractivity contribution >= 4 is 17.5 Å². The van der Waals surface area contributed by atoms with Crippen LogP contribution in [0.5, 0.6) is 0 Å². The Morgan fingerprint density at radius 2 is 1.80 bits per heavy atom. The van der Waals surface area contributed by atoms with E-state index in [1.807, 2.05) is 51.0 Å². The van der Waals surface area contributed by atoms with Gasteiger partial charge in [0.05, 0.1) is 0 Å². The van der Waals surface area contributed by atoms with E-state index in [4.69, 9.17) is 0 Å². The molecule has 1 aromatic carbocycles. The van der Waals surface area contributed by atoms with Gasteiger partial charge in [0.25, 0.3) is 0 Å². The Morgan fingerprint density at radius 1 is 1.15 bits per heavy atom. The highest BCUT2D eigenvalue weighted by molar-refractivity contribution is 6.39. The second-order valence-electron chi connectivity index (χ2n) is 5.26. The van der Waals surface area contributed by atoms with Gasteiger partial charge in [-0.2, -0.15) is 0 Å². The van der Waals surface area contributed by atoms with E-state index in [1.54, 1.807) is 6.07 Å². The lowest BCUT2D eigenvalue weighted by Crippen LogP contribution is -2.38. The molecule has 2 N–H and O–H groups in total. The van der Waals surface area contributed by atoms with Crippen molar-refractivity contribution in [1.82, 2.24) is 10.2 Å². The van der Waals surface area contributed by atoms with Crippen molar-refractivity contribution in [3.05, 3.63) is 29.8 Å². The standard InChI is InChI=1S/C15H23N3O2/c1-11(2)12-7-5-6-8-13(12)17-15(20)14(19)16-9-10-18(3)4/h5-8,11H,9-10H2,1-4H3,(H,16,19)(H,17,20). The molecule has 0 radical (unpaired) electrons. The minimum atomic E-state index is -0.628. The fraction of sp³-hybridized carbons (Fsp3) is 0.467. The third-order valence-corrected chi connectivity index (χ3v) is 2.88. The normalized spacial score (nSPS) is 10.7. The van der Waals surface area contributed by atoms with Gasteiger partial charge in [-0.25, -0.2) is 0 Å².